The van der Waals surface area contributed by atoms with Gasteiger partial charge in [0.25, 0.3) is 5.91 Å². The maximum absolute atomic E-state index is 13.0. The van der Waals surface area contributed by atoms with Crippen molar-refractivity contribution in [2.24, 2.45) is 4.99 Å². The summed E-state index contributed by atoms with van der Waals surface area (Å²) in [5, 5.41) is 10.2. The summed E-state index contributed by atoms with van der Waals surface area (Å²) in [4.78, 5) is 30.2. The van der Waals surface area contributed by atoms with Gasteiger partial charge in [-0.15, -0.1) is 0 Å². The summed E-state index contributed by atoms with van der Waals surface area (Å²) in [7, 11) is 0. The second-order valence-electron chi connectivity index (χ2n) is 7.18. The number of para-hydroxylation sites is 2. The van der Waals surface area contributed by atoms with Gasteiger partial charge in [0.2, 0.25) is 0 Å². The zero-order valence-electron chi connectivity index (χ0n) is 17.8. The highest BCUT2D eigenvalue weighted by Crippen LogP contribution is 2.30. The molecule has 2 heterocycles. The molecule has 8 nitrogen and oxygen atoms in total. The van der Waals surface area contributed by atoms with E-state index in [-0.39, 0.29) is 23.9 Å². The monoisotopic (exact) mass is 429 g/mol. The van der Waals surface area contributed by atoms with Gasteiger partial charge >= 0.3 is 5.97 Å². The lowest BCUT2D eigenvalue weighted by molar-refractivity contribution is -0.137. The average Bonchev–Trinajstić information content (AvgIpc) is 3.24. The Labute approximate surface area is 185 Å². The van der Waals surface area contributed by atoms with E-state index in [2.05, 4.69) is 20.7 Å². The number of hydrogen-bond donors (Lipinski definition) is 2. The first-order chi connectivity index (χ1) is 15.5. The molecule has 1 aliphatic rings. The van der Waals surface area contributed by atoms with Crippen molar-refractivity contribution in [1.82, 2.24) is 15.1 Å². The van der Waals surface area contributed by atoms with E-state index in [1.807, 2.05) is 42.6 Å². The van der Waals surface area contributed by atoms with Gasteiger partial charge in [-0.05, 0) is 49.7 Å². The van der Waals surface area contributed by atoms with Crippen molar-refractivity contribution < 1.29 is 14.3 Å². The lowest BCUT2D eigenvalue weighted by Crippen LogP contribution is -2.35. The van der Waals surface area contributed by atoms with Crippen LogP contribution in [-0.2, 0) is 16.1 Å². The van der Waals surface area contributed by atoms with Crippen molar-refractivity contribution in [3.63, 3.8) is 0 Å². The summed E-state index contributed by atoms with van der Waals surface area (Å²) < 4.78 is 7.02. The minimum Gasteiger partial charge on any atom is -0.462 e. The number of nitrogens with one attached hydrogen (secondary N) is 2. The smallest absolute Gasteiger partial charge is 0.343 e. The highest BCUT2D eigenvalue weighted by Gasteiger charge is 2.26. The summed E-state index contributed by atoms with van der Waals surface area (Å²) in [6.07, 6.45) is 3.60. The number of ether oxygens (including phenoxy) is 1. The largest absolute Gasteiger partial charge is 0.462 e. The summed E-state index contributed by atoms with van der Waals surface area (Å²) >= 11 is 0. The van der Waals surface area contributed by atoms with Gasteiger partial charge in [0.1, 0.15) is 11.4 Å². The van der Waals surface area contributed by atoms with Gasteiger partial charge in [-0.3, -0.25) is 9.48 Å². The molecular formula is C24H23N5O3. The average molecular weight is 429 g/mol. The highest BCUT2D eigenvalue weighted by atomic mass is 16.5. The number of amides is 1. The predicted octanol–water partition coefficient (Wildman–Crippen LogP) is 3.65. The van der Waals surface area contributed by atoms with Gasteiger partial charge < -0.3 is 15.4 Å². The number of hydrogen-bond acceptors (Lipinski definition) is 6. The molecule has 0 radical (unpaired) electrons. The van der Waals surface area contributed by atoms with E-state index in [0.29, 0.717) is 23.5 Å². The second-order valence-corrected chi connectivity index (χ2v) is 7.18. The summed E-state index contributed by atoms with van der Waals surface area (Å²) in [5.74, 6) is -0.786. The lowest BCUT2D eigenvalue weighted by Gasteiger charge is -2.13. The van der Waals surface area contributed by atoms with Gasteiger partial charge in [-0.1, -0.05) is 24.3 Å². The molecule has 1 aromatic heterocycles. The Kier molecular flexibility index (Phi) is 6.12. The van der Waals surface area contributed by atoms with Crippen molar-refractivity contribution in [3.05, 3.63) is 89.4 Å². The predicted molar refractivity (Wildman–Crippen MR) is 122 cm³/mol. The van der Waals surface area contributed by atoms with Crippen molar-refractivity contribution in [3.8, 4) is 0 Å². The lowest BCUT2D eigenvalue weighted by atomic mass is 10.1. The molecule has 0 saturated heterocycles. The molecule has 162 valence electrons. The van der Waals surface area contributed by atoms with Gasteiger partial charge in [0.05, 0.1) is 24.5 Å². The van der Waals surface area contributed by atoms with Crippen LogP contribution >= 0.6 is 0 Å². The first-order valence-corrected chi connectivity index (χ1v) is 10.3. The van der Waals surface area contributed by atoms with Gasteiger partial charge in [0, 0.05) is 23.7 Å². The van der Waals surface area contributed by atoms with Crippen LogP contribution < -0.4 is 10.6 Å². The van der Waals surface area contributed by atoms with E-state index in [1.54, 1.807) is 42.9 Å². The number of aliphatic imine (C=N–C) groups is 1. The van der Waals surface area contributed by atoms with E-state index in [9.17, 15) is 9.59 Å². The van der Waals surface area contributed by atoms with Crippen LogP contribution in [0.3, 0.4) is 0 Å². The van der Waals surface area contributed by atoms with E-state index in [4.69, 9.17) is 4.74 Å². The van der Waals surface area contributed by atoms with Crippen molar-refractivity contribution in [1.29, 1.82) is 0 Å². The number of carbonyl (C=O) groups excluding carboxylic acids is 2. The Balaban J connectivity index is 1.61. The van der Waals surface area contributed by atoms with Gasteiger partial charge in [0.15, 0.2) is 0 Å². The molecule has 0 saturated carbocycles. The number of aromatic nitrogens is 2. The first kappa shape index (κ1) is 21.0. The Morgan fingerprint density at radius 3 is 2.59 bits per heavy atom. The molecular weight excluding hydrogens is 406 g/mol. The van der Waals surface area contributed by atoms with E-state index < -0.39 is 5.97 Å². The van der Waals surface area contributed by atoms with Crippen molar-refractivity contribution in [2.45, 2.75) is 20.4 Å². The quantitative estimate of drug-likeness (QED) is 0.604. The second kappa shape index (κ2) is 9.30. The third-order valence-corrected chi connectivity index (χ3v) is 4.90. The molecule has 0 fully saturated rings. The summed E-state index contributed by atoms with van der Waals surface area (Å²) in [6, 6.07) is 16.4. The van der Waals surface area contributed by atoms with Crippen LogP contribution in [0.2, 0.25) is 0 Å². The van der Waals surface area contributed by atoms with Crippen LogP contribution in [0.5, 0.6) is 0 Å². The molecule has 32 heavy (non-hydrogen) atoms. The van der Waals surface area contributed by atoms with Crippen LogP contribution in [0, 0.1) is 0 Å². The number of allylic oxidation sites excluding steroid dienone is 1. The standard InChI is InChI=1S/C24H23N5O3/c1-3-32-24(31)21-16(2)26-19-7-4-5-8-20(19)27-22(21)28-23(30)18-11-9-17(10-12-18)15-29-14-6-13-25-29/h4-14,26H,3,15H2,1-2H3,(H,27,28,30). The molecule has 0 atom stereocenters. The number of rotatable bonds is 5. The molecule has 0 bridgehead atoms. The van der Waals surface area contributed by atoms with Gasteiger partial charge in [-0.2, -0.15) is 5.10 Å². The number of esters is 1. The normalized spacial score (nSPS) is 12.9. The summed E-state index contributed by atoms with van der Waals surface area (Å²) in [6.45, 7) is 4.30. The molecule has 1 aliphatic heterocycles. The van der Waals surface area contributed by atoms with Crippen LogP contribution in [0.25, 0.3) is 0 Å². The molecule has 3 aromatic rings. The number of nitrogens with zero attached hydrogens (tertiary/aromatic N) is 3. The van der Waals surface area contributed by atoms with Crippen molar-refractivity contribution >= 4 is 29.1 Å². The molecule has 2 N–H and O–H groups in total. The first-order valence-electron chi connectivity index (χ1n) is 10.3. The molecule has 0 aliphatic carbocycles. The molecule has 1 amide bonds. The SMILES string of the molecule is CCOC(=O)C1=C(C)Nc2ccccc2N=C1NC(=O)c1ccc(Cn2cccn2)cc1. The van der Waals surface area contributed by atoms with E-state index in [0.717, 1.165) is 11.3 Å². The third kappa shape index (κ3) is 4.59. The fourth-order valence-corrected chi connectivity index (χ4v) is 3.36. The van der Waals surface area contributed by atoms with Crippen molar-refractivity contribution in [2.75, 3.05) is 11.9 Å². The number of amidine groups is 1. The fraction of sp³-hybridized carbons (Fsp3) is 0.167. The minimum atomic E-state index is -0.557. The number of anilines is 1. The number of carbonyl (C=O) groups is 2. The number of benzene rings is 2. The van der Waals surface area contributed by atoms with Crippen LogP contribution in [0.1, 0.15) is 29.8 Å². The highest BCUT2D eigenvalue weighted by molar-refractivity contribution is 6.25. The molecule has 2 aromatic carbocycles. The molecule has 8 heteroatoms. The van der Waals surface area contributed by atoms with E-state index in [1.165, 1.54) is 0 Å². The molecule has 0 unspecified atom stereocenters. The Morgan fingerprint density at radius 1 is 1.09 bits per heavy atom. The summed E-state index contributed by atoms with van der Waals surface area (Å²) in [5.41, 5.74) is 3.53. The topological polar surface area (TPSA) is 97.6 Å². The van der Waals surface area contributed by atoms with Gasteiger partial charge in [-0.25, -0.2) is 9.79 Å². The zero-order valence-corrected chi connectivity index (χ0v) is 17.8. The molecule has 4 rings (SSSR count). The number of fused-ring (bicyclic) bond motifs is 1. The van der Waals surface area contributed by atoms with E-state index >= 15 is 0 Å². The van der Waals surface area contributed by atoms with Crippen LogP contribution in [-0.4, -0.2) is 34.1 Å². The maximum Gasteiger partial charge on any atom is 0.343 e. The fourth-order valence-electron chi connectivity index (χ4n) is 3.36. The molecule has 0 spiro atoms. The van der Waals surface area contributed by atoms with Crippen LogP contribution in [0.15, 0.2) is 83.3 Å². The Hall–Kier alpha value is -4.20. The van der Waals surface area contributed by atoms with Crippen LogP contribution in [0.4, 0.5) is 11.4 Å². The minimum absolute atomic E-state index is 0.143. The zero-order chi connectivity index (χ0) is 22.5. The third-order valence-electron chi connectivity index (χ3n) is 4.90. The maximum atomic E-state index is 13.0. The Bertz CT molecular complexity index is 1190. The Morgan fingerprint density at radius 2 is 1.88 bits per heavy atom.